The second kappa shape index (κ2) is 6.10. The van der Waals surface area contributed by atoms with E-state index in [4.69, 9.17) is 28.9 Å². The number of hydrogen-bond acceptors (Lipinski definition) is 1. The van der Waals surface area contributed by atoms with Crippen LogP contribution in [-0.4, -0.2) is 11.1 Å². The van der Waals surface area contributed by atoms with Gasteiger partial charge in [-0.05, 0) is 53.7 Å². The van der Waals surface area contributed by atoms with E-state index in [1.807, 2.05) is 12.1 Å². The van der Waals surface area contributed by atoms with Crippen LogP contribution in [0.3, 0.4) is 0 Å². The Labute approximate surface area is 134 Å². The Hall–Kier alpha value is -1.48. The van der Waals surface area contributed by atoms with Crippen molar-refractivity contribution in [2.75, 3.05) is 6.54 Å². The van der Waals surface area contributed by atoms with Gasteiger partial charge in [0.25, 0.3) is 0 Å². The van der Waals surface area contributed by atoms with Crippen LogP contribution in [0.2, 0.25) is 10.0 Å². The van der Waals surface area contributed by atoms with Crippen molar-refractivity contribution in [3.05, 3.63) is 69.8 Å². The molecule has 21 heavy (non-hydrogen) atoms. The minimum Gasteiger partial charge on any atom is -0.343 e. The summed E-state index contributed by atoms with van der Waals surface area (Å²) in [5, 5.41) is 2.58. The maximum absolute atomic E-state index is 6.26. The van der Waals surface area contributed by atoms with Crippen LogP contribution >= 0.6 is 23.2 Å². The van der Waals surface area contributed by atoms with E-state index in [1.54, 1.807) is 6.07 Å². The first-order valence-electron chi connectivity index (χ1n) is 6.89. The van der Waals surface area contributed by atoms with Gasteiger partial charge in [0.2, 0.25) is 0 Å². The molecule has 1 heterocycles. The highest BCUT2D eigenvalue weighted by Gasteiger charge is 2.06. The molecule has 0 aliphatic carbocycles. The molecule has 108 valence electrons. The molecular formula is C17H16Cl2N2. The van der Waals surface area contributed by atoms with Gasteiger partial charge in [-0.25, -0.2) is 0 Å². The largest absolute Gasteiger partial charge is 0.343 e. The first-order chi connectivity index (χ1) is 10.2. The van der Waals surface area contributed by atoms with Gasteiger partial charge in [-0.15, -0.1) is 0 Å². The molecule has 0 atom stereocenters. The highest BCUT2D eigenvalue weighted by atomic mass is 35.5. The van der Waals surface area contributed by atoms with Gasteiger partial charge in [-0.1, -0.05) is 41.4 Å². The van der Waals surface area contributed by atoms with Crippen molar-refractivity contribution >= 4 is 34.1 Å². The molecule has 2 N–H and O–H groups in total. The zero-order valence-electron chi connectivity index (χ0n) is 11.5. The van der Waals surface area contributed by atoms with Gasteiger partial charge in [-0.3, -0.25) is 0 Å². The molecule has 0 unspecified atom stereocenters. The highest BCUT2D eigenvalue weighted by molar-refractivity contribution is 6.35. The van der Waals surface area contributed by atoms with E-state index in [0.29, 0.717) is 16.6 Å². The van der Waals surface area contributed by atoms with Crippen LogP contribution in [0.1, 0.15) is 11.1 Å². The summed E-state index contributed by atoms with van der Waals surface area (Å²) >= 11 is 12.2. The summed E-state index contributed by atoms with van der Waals surface area (Å²) in [6.45, 7) is 1.39. The lowest BCUT2D eigenvalue weighted by atomic mass is 10.1. The van der Waals surface area contributed by atoms with Crippen molar-refractivity contribution in [2.45, 2.75) is 13.0 Å². The molecule has 1 aromatic heterocycles. The molecule has 0 saturated heterocycles. The predicted octanol–water partition coefficient (Wildman–Crippen LogP) is 4.50. The fraction of sp³-hybridized carbons (Fsp3) is 0.176. The number of hydrogen-bond donors (Lipinski definition) is 1. The van der Waals surface area contributed by atoms with Gasteiger partial charge in [0, 0.05) is 28.3 Å². The summed E-state index contributed by atoms with van der Waals surface area (Å²) < 4.78 is 2.20. The molecule has 3 aromatic rings. The summed E-state index contributed by atoms with van der Waals surface area (Å²) in [6, 6.07) is 14.2. The van der Waals surface area contributed by atoms with Gasteiger partial charge in [-0.2, -0.15) is 0 Å². The van der Waals surface area contributed by atoms with E-state index in [-0.39, 0.29) is 0 Å². The second-order valence-corrected chi connectivity index (χ2v) is 5.95. The van der Waals surface area contributed by atoms with Crippen LogP contribution in [0.5, 0.6) is 0 Å². The number of halogens is 2. The molecule has 0 bridgehead atoms. The highest BCUT2D eigenvalue weighted by Crippen LogP contribution is 2.24. The molecule has 0 saturated carbocycles. The Bertz CT molecular complexity index is 778. The molecular weight excluding hydrogens is 303 g/mol. The topological polar surface area (TPSA) is 30.9 Å². The van der Waals surface area contributed by atoms with Crippen LogP contribution in [0, 0.1) is 0 Å². The van der Waals surface area contributed by atoms with Crippen LogP contribution in [-0.2, 0) is 13.0 Å². The number of aromatic nitrogens is 1. The number of fused-ring (bicyclic) bond motifs is 1. The molecule has 4 heteroatoms. The Morgan fingerprint density at radius 2 is 1.86 bits per heavy atom. The SMILES string of the molecule is NCCc1ccc2ccn(Cc3ccc(Cl)cc3Cl)c2c1. The van der Waals surface area contributed by atoms with Crippen molar-refractivity contribution < 1.29 is 0 Å². The third kappa shape index (κ3) is 3.08. The fourth-order valence-electron chi connectivity index (χ4n) is 2.52. The normalized spacial score (nSPS) is 11.2. The zero-order valence-corrected chi connectivity index (χ0v) is 13.0. The first-order valence-corrected chi connectivity index (χ1v) is 7.65. The maximum atomic E-state index is 6.26. The van der Waals surface area contributed by atoms with E-state index in [2.05, 4.69) is 35.0 Å². The molecule has 3 rings (SSSR count). The second-order valence-electron chi connectivity index (χ2n) is 5.11. The minimum absolute atomic E-state index is 0.659. The van der Waals surface area contributed by atoms with Crippen LogP contribution in [0.25, 0.3) is 10.9 Å². The molecule has 0 spiro atoms. The molecule has 0 aliphatic rings. The van der Waals surface area contributed by atoms with Crippen LogP contribution in [0.15, 0.2) is 48.7 Å². The van der Waals surface area contributed by atoms with Gasteiger partial charge in [0.05, 0.1) is 0 Å². The number of benzene rings is 2. The summed E-state index contributed by atoms with van der Waals surface area (Å²) in [5.74, 6) is 0. The van der Waals surface area contributed by atoms with E-state index < -0.39 is 0 Å². The number of nitrogens with zero attached hydrogens (tertiary/aromatic N) is 1. The summed E-state index contributed by atoms with van der Waals surface area (Å²) in [4.78, 5) is 0. The lowest BCUT2D eigenvalue weighted by Gasteiger charge is -2.09. The predicted molar refractivity (Wildman–Crippen MR) is 90.3 cm³/mol. The van der Waals surface area contributed by atoms with E-state index in [0.717, 1.165) is 18.5 Å². The van der Waals surface area contributed by atoms with E-state index in [9.17, 15) is 0 Å². The third-order valence-electron chi connectivity index (χ3n) is 3.63. The lowest BCUT2D eigenvalue weighted by Crippen LogP contribution is -2.03. The molecule has 2 aromatic carbocycles. The molecule has 0 fully saturated rings. The molecule has 0 aliphatic heterocycles. The Morgan fingerprint density at radius 3 is 2.62 bits per heavy atom. The smallest absolute Gasteiger partial charge is 0.0490 e. The van der Waals surface area contributed by atoms with Crippen molar-refractivity contribution in [2.24, 2.45) is 5.73 Å². The Balaban J connectivity index is 1.98. The first kappa shape index (κ1) is 14.5. The van der Waals surface area contributed by atoms with Gasteiger partial charge >= 0.3 is 0 Å². The van der Waals surface area contributed by atoms with Crippen molar-refractivity contribution in [3.63, 3.8) is 0 Å². The summed E-state index contributed by atoms with van der Waals surface area (Å²) in [7, 11) is 0. The van der Waals surface area contributed by atoms with Gasteiger partial charge in [0.1, 0.15) is 0 Å². The van der Waals surface area contributed by atoms with Crippen LogP contribution in [0.4, 0.5) is 0 Å². The van der Waals surface area contributed by atoms with Gasteiger partial charge in [0.15, 0.2) is 0 Å². The summed E-state index contributed by atoms with van der Waals surface area (Å²) in [5.41, 5.74) is 9.15. The standard InChI is InChI=1S/C17H16Cl2N2/c18-15-4-3-14(16(19)10-15)11-21-8-6-13-2-1-12(5-7-20)9-17(13)21/h1-4,6,8-10H,5,7,11,20H2. The van der Waals surface area contributed by atoms with Crippen molar-refractivity contribution in [1.82, 2.24) is 4.57 Å². The zero-order chi connectivity index (χ0) is 14.8. The van der Waals surface area contributed by atoms with Crippen LogP contribution < -0.4 is 5.73 Å². The molecule has 0 radical (unpaired) electrons. The maximum Gasteiger partial charge on any atom is 0.0490 e. The van der Waals surface area contributed by atoms with E-state index >= 15 is 0 Å². The molecule has 2 nitrogen and oxygen atoms in total. The minimum atomic E-state index is 0.659. The number of rotatable bonds is 4. The average molecular weight is 319 g/mol. The van der Waals surface area contributed by atoms with Gasteiger partial charge < -0.3 is 10.3 Å². The lowest BCUT2D eigenvalue weighted by molar-refractivity contribution is 0.835. The molecule has 0 amide bonds. The summed E-state index contributed by atoms with van der Waals surface area (Å²) in [6.07, 6.45) is 2.98. The van der Waals surface area contributed by atoms with Crippen molar-refractivity contribution in [1.29, 1.82) is 0 Å². The van der Waals surface area contributed by atoms with E-state index in [1.165, 1.54) is 16.5 Å². The fourth-order valence-corrected chi connectivity index (χ4v) is 2.99. The monoisotopic (exact) mass is 318 g/mol. The number of nitrogens with two attached hydrogens (primary N) is 1. The van der Waals surface area contributed by atoms with Crippen molar-refractivity contribution in [3.8, 4) is 0 Å². The third-order valence-corrected chi connectivity index (χ3v) is 4.21. The average Bonchev–Trinajstić information content (AvgIpc) is 2.85. The Kier molecular flexibility index (Phi) is 4.20. The Morgan fingerprint density at radius 1 is 1.00 bits per heavy atom. The quantitative estimate of drug-likeness (QED) is 0.754.